The fourth-order valence-corrected chi connectivity index (χ4v) is 6.08. The molecule has 0 bridgehead atoms. The minimum Gasteiger partial charge on any atom is -0.336 e. The van der Waals surface area contributed by atoms with E-state index in [1.165, 1.54) is 4.31 Å². The second-order valence-electron chi connectivity index (χ2n) is 7.31. The topological polar surface area (TPSA) is 75.5 Å². The number of aromatic nitrogens is 2. The van der Waals surface area contributed by atoms with Crippen LogP contribution in [0.2, 0.25) is 0 Å². The third-order valence-electron chi connectivity index (χ3n) is 5.46. The van der Waals surface area contributed by atoms with Crippen LogP contribution in [0.25, 0.3) is 0 Å². The van der Waals surface area contributed by atoms with Gasteiger partial charge in [0.25, 0.3) is 5.91 Å². The largest absolute Gasteiger partial charge is 0.336 e. The van der Waals surface area contributed by atoms with Crippen molar-refractivity contribution < 1.29 is 13.2 Å². The Morgan fingerprint density at radius 2 is 2.00 bits per heavy atom. The number of hydrogen-bond acceptors (Lipinski definition) is 4. The van der Waals surface area contributed by atoms with Crippen molar-refractivity contribution in [2.75, 3.05) is 23.9 Å². The quantitative estimate of drug-likeness (QED) is 0.802. The number of carbonyl (C=O) groups excluding carboxylic acids is 1. The van der Waals surface area contributed by atoms with Gasteiger partial charge in [-0.25, -0.2) is 8.42 Å². The van der Waals surface area contributed by atoms with Crippen molar-refractivity contribution in [1.82, 2.24) is 14.7 Å². The van der Waals surface area contributed by atoms with E-state index in [0.717, 1.165) is 23.4 Å². The van der Waals surface area contributed by atoms with Crippen LogP contribution in [-0.2, 0) is 23.5 Å². The average molecular weight is 388 g/mol. The molecule has 2 aliphatic rings. The second-order valence-corrected chi connectivity index (χ2v) is 9.44. The third-order valence-corrected chi connectivity index (χ3v) is 7.68. The molecule has 144 valence electrons. The van der Waals surface area contributed by atoms with Crippen molar-refractivity contribution in [2.45, 2.75) is 31.4 Å². The number of anilines is 1. The Hall–Kier alpha value is -2.35. The summed E-state index contributed by atoms with van der Waals surface area (Å²) in [6.07, 6.45) is 2.00. The van der Waals surface area contributed by atoms with Gasteiger partial charge >= 0.3 is 0 Å². The highest BCUT2D eigenvalue weighted by molar-refractivity contribution is 7.93. The summed E-state index contributed by atoms with van der Waals surface area (Å²) in [6, 6.07) is 9.40. The van der Waals surface area contributed by atoms with Crippen LogP contribution in [-0.4, -0.2) is 53.9 Å². The van der Waals surface area contributed by atoms with Gasteiger partial charge in [-0.2, -0.15) is 5.10 Å². The van der Waals surface area contributed by atoms with Crippen molar-refractivity contribution in [2.24, 2.45) is 7.05 Å². The number of nitrogens with zero attached hydrogens (tertiary/aromatic N) is 4. The first-order valence-corrected chi connectivity index (χ1v) is 10.8. The van der Waals surface area contributed by atoms with Crippen molar-refractivity contribution in [3.63, 3.8) is 0 Å². The number of para-hydroxylation sites is 1. The molecule has 1 atom stereocenters. The SMILES string of the molecule is Cc1cc(C(=O)N2CCC[C@@H](S(=O)(=O)N3CCc4ccccc43)C2)n(C)n1. The van der Waals surface area contributed by atoms with Crippen LogP contribution in [0.15, 0.2) is 30.3 Å². The number of benzene rings is 1. The van der Waals surface area contributed by atoms with Crippen molar-refractivity contribution >= 4 is 21.6 Å². The molecule has 0 spiro atoms. The lowest BCUT2D eigenvalue weighted by atomic mass is 10.1. The van der Waals surface area contributed by atoms with Gasteiger partial charge in [-0.15, -0.1) is 0 Å². The van der Waals surface area contributed by atoms with E-state index in [4.69, 9.17) is 0 Å². The van der Waals surface area contributed by atoms with Crippen molar-refractivity contribution in [3.8, 4) is 0 Å². The lowest BCUT2D eigenvalue weighted by Crippen LogP contribution is -2.49. The van der Waals surface area contributed by atoms with Gasteiger partial charge in [0, 0.05) is 26.7 Å². The van der Waals surface area contributed by atoms with Crippen molar-refractivity contribution in [1.29, 1.82) is 0 Å². The first kappa shape index (κ1) is 18.0. The Labute approximate surface area is 159 Å². The highest BCUT2D eigenvalue weighted by Crippen LogP contribution is 2.33. The predicted molar refractivity (Wildman–Crippen MR) is 103 cm³/mol. The number of piperidine rings is 1. The molecule has 1 aromatic heterocycles. The van der Waals surface area contributed by atoms with E-state index < -0.39 is 15.3 Å². The summed E-state index contributed by atoms with van der Waals surface area (Å²) >= 11 is 0. The molecule has 1 saturated heterocycles. The smallest absolute Gasteiger partial charge is 0.272 e. The Morgan fingerprint density at radius 1 is 1.22 bits per heavy atom. The zero-order valence-electron chi connectivity index (χ0n) is 15.6. The van der Waals surface area contributed by atoms with Crippen LogP contribution in [0, 0.1) is 6.92 Å². The Kier molecular flexibility index (Phi) is 4.46. The van der Waals surface area contributed by atoms with Crippen LogP contribution in [0.5, 0.6) is 0 Å². The van der Waals surface area contributed by atoms with Gasteiger partial charge in [0.1, 0.15) is 5.69 Å². The molecule has 2 aliphatic heterocycles. The lowest BCUT2D eigenvalue weighted by molar-refractivity contribution is 0.0715. The van der Waals surface area contributed by atoms with Gasteiger partial charge in [-0.3, -0.25) is 13.8 Å². The van der Waals surface area contributed by atoms with E-state index >= 15 is 0 Å². The molecule has 0 unspecified atom stereocenters. The second kappa shape index (κ2) is 6.67. The number of carbonyl (C=O) groups is 1. The van der Waals surface area contributed by atoms with Gasteiger partial charge in [0.2, 0.25) is 10.0 Å². The van der Waals surface area contributed by atoms with E-state index in [1.54, 1.807) is 22.7 Å². The van der Waals surface area contributed by atoms with Crippen molar-refractivity contribution in [3.05, 3.63) is 47.3 Å². The summed E-state index contributed by atoms with van der Waals surface area (Å²) in [5.41, 5.74) is 3.12. The van der Waals surface area contributed by atoms with Crippen LogP contribution in [0.1, 0.15) is 34.6 Å². The molecule has 1 amide bonds. The number of hydrogen-bond donors (Lipinski definition) is 0. The summed E-state index contributed by atoms with van der Waals surface area (Å²) in [6.45, 7) is 3.12. The van der Waals surface area contributed by atoms with E-state index in [2.05, 4.69) is 5.10 Å². The van der Waals surface area contributed by atoms with Gasteiger partial charge in [0.05, 0.1) is 16.6 Å². The number of rotatable bonds is 3. The average Bonchev–Trinajstić information content (AvgIpc) is 3.24. The molecule has 0 N–H and O–H groups in total. The zero-order valence-corrected chi connectivity index (χ0v) is 16.4. The molecular formula is C19H24N4O3S. The zero-order chi connectivity index (χ0) is 19.2. The molecule has 1 aromatic carbocycles. The molecule has 0 aliphatic carbocycles. The first-order chi connectivity index (χ1) is 12.9. The number of amides is 1. The molecule has 3 heterocycles. The standard InChI is InChI=1S/C19H24N4O3S/c1-14-12-18(21(2)20-14)19(24)22-10-5-7-16(13-22)27(25,26)23-11-9-15-6-3-4-8-17(15)23/h3-4,6,8,12,16H,5,7,9-11,13H2,1-2H3/t16-/m1/s1. The Bertz CT molecular complexity index is 983. The van der Waals surface area contributed by atoms with Gasteiger partial charge in [-0.05, 0) is 43.9 Å². The molecule has 2 aromatic rings. The Balaban J connectivity index is 1.56. The van der Waals surface area contributed by atoms with Gasteiger partial charge in [-0.1, -0.05) is 18.2 Å². The minimum absolute atomic E-state index is 0.153. The monoisotopic (exact) mass is 388 g/mol. The number of fused-ring (bicyclic) bond motifs is 1. The fourth-order valence-electron chi connectivity index (χ4n) is 4.09. The molecule has 8 heteroatoms. The molecule has 4 rings (SSSR count). The van der Waals surface area contributed by atoms with Crippen LogP contribution in [0.3, 0.4) is 0 Å². The molecule has 0 radical (unpaired) electrons. The summed E-state index contributed by atoms with van der Waals surface area (Å²) in [5.74, 6) is -0.153. The molecule has 27 heavy (non-hydrogen) atoms. The predicted octanol–water partition coefficient (Wildman–Crippen LogP) is 1.73. The maximum Gasteiger partial charge on any atom is 0.272 e. The maximum absolute atomic E-state index is 13.3. The molecule has 1 fully saturated rings. The molecule has 0 saturated carbocycles. The molecular weight excluding hydrogens is 364 g/mol. The van der Waals surface area contributed by atoms with E-state index in [-0.39, 0.29) is 12.5 Å². The maximum atomic E-state index is 13.3. The van der Waals surface area contributed by atoms with E-state index in [0.29, 0.717) is 31.6 Å². The van der Waals surface area contributed by atoms with E-state index in [1.807, 2.05) is 31.2 Å². The number of aryl methyl sites for hydroxylation is 2. The van der Waals surface area contributed by atoms with Gasteiger partial charge in [0.15, 0.2) is 0 Å². The normalized spacial score (nSPS) is 20.0. The summed E-state index contributed by atoms with van der Waals surface area (Å²) in [5, 5.41) is 3.65. The number of likely N-dealkylation sites (tertiary alicyclic amines) is 1. The van der Waals surface area contributed by atoms with Crippen LogP contribution in [0.4, 0.5) is 5.69 Å². The Morgan fingerprint density at radius 3 is 2.74 bits per heavy atom. The van der Waals surface area contributed by atoms with Crippen LogP contribution >= 0.6 is 0 Å². The fraction of sp³-hybridized carbons (Fsp3) is 0.474. The molecule has 7 nitrogen and oxygen atoms in total. The van der Waals surface area contributed by atoms with E-state index in [9.17, 15) is 13.2 Å². The van der Waals surface area contributed by atoms with Crippen LogP contribution < -0.4 is 4.31 Å². The summed E-state index contributed by atoms with van der Waals surface area (Å²) < 4.78 is 29.7. The lowest BCUT2D eigenvalue weighted by Gasteiger charge is -2.35. The number of sulfonamides is 1. The highest BCUT2D eigenvalue weighted by Gasteiger charge is 2.39. The minimum atomic E-state index is -3.51. The van der Waals surface area contributed by atoms with Gasteiger partial charge < -0.3 is 4.90 Å². The summed E-state index contributed by atoms with van der Waals surface area (Å²) in [7, 11) is -1.78. The highest BCUT2D eigenvalue weighted by atomic mass is 32.2. The third kappa shape index (κ3) is 3.12. The summed E-state index contributed by atoms with van der Waals surface area (Å²) in [4.78, 5) is 14.5. The first-order valence-electron chi connectivity index (χ1n) is 9.27.